The molecule has 0 aliphatic rings. The average molecular weight is 298 g/mol. The Morgan fingerprint density at radius 1 is 1.18 bits per heavy atom. The summed E-state index contributed by atoms with van der Waals surface area (Å²) in [4.78, 5) is 11.0. The van der Waals surface area contributed by atoms with Gasteiger partial charge >= 0.3 is 0 Å². The van der Waals surface area contributed by atoms with Crippen molar-refractivity contribution in [3.8, 4) is 5.75 Å². The van der Waals surface area contributed by atoms with E-state index in [4.69, 9.17) is 10.5 Å². The summed E-state index contributed by atoms with van der Waals surface area (Å²) < 4.78 is 5.77. The normalized spacial score (nSPS) is 11.9. The van der Waals surface area contributed by atoms with Gasteiger partial charge in [0, 0.05) is 6.54 Å². The number of benzene rings is 2. The summed E-state index contributed by atoms with van der Waals surface area (Å²) >= 11 is 0. The van der Waals surface area contributed by atoms with Crippen molar-refractivity contribution in [1.29, 1.82) is 0 Å². The van der Waals surface area contributed by atoms with E-state index in [9.17, 15) is 4.79 Å². The molecule has 0 aromatic heterocycles. The number of aryl methyl sites for hydroxylation is 1. The molecule has 0 spiro atoms. The standard InChI is InChI=1S/C18H22N2O2/c1-13-4-3-5-16(10-13)12-22-17-8-6-15(7-9-17)11-20-14(2)18(19)21/h3-10,14,20H,11-12H2,1-2H3,(H2,19,21). The molecule has 0 aliphatic carbocycles. The molecule has 0 saturated heterocycles. The minimum absolute atomic E-state index is 0.336. The first-order valence-corrected chi connectivity index (χ1v) is 7.34. The third-order valence-corrected chi connectivity index (χ3v) is 3.45. The summed E-state index contributed by atoms with van der Waals surface area (Å²) in [7, 11) is 0. The second-order valence-electron chi connectivity index (χ2n) is 5.43. The van der Waals surface area contributed by atoms with Crippen molar-refractivity contribution in [2.75, 3.05) is 0 Å². The lowest BCUT2D eigenvalue weighted by molar-refractivity contribution is -0.119. The molecule has 0 heterocycles. The summed E-state index contributed by atoms with van der Waals surface area (Å²) in [5.74, 6) is 0.478. The Morgan fingerprint density at radius 3 is 2.55 bits per heavy atom. The molecule has 0 aliphatic heterocycles. The second kappa shape index (κ2) is 7.61. The molecule has 0 bridgehead atoms. The van der Waals surface area contributed by atoms with Gasteiger partial charge in [-0.1, -0.05) is 42.0 Å². The van der Waals surface area contributed by atoms with Crippen LogP contribution in [-0.4, -0.2) is 11.9 Å². The lowest BCUT2D eigenvalue weighted by atomic mass is 10.1. The van der Waals surface area contributed by atoms with E-state index >= 15 is 0 Å². The maximum absolute atomic E-state index is 11.0. The molecule has 0 radical (unpaired) electrons. The Hall–Kier alpha value is -2.33. The maximum Gasteiger partial charge on any atom is 0.234 e. The molecule has 1 unspecified atom stereocenters. The molecular formula is C18H22N2O2. The average Bonchev–Trinajstić information content (AvgIpc) is 2.51. The first kappa shape index (κ1) is 16.0. The molecule has 1 amide bonds. The number of rotatable bonds is 7. The highest BCUT2D eigenvalue weighted by molar-refractivity contribution is 5.79. The van der Waals surface area contributed by atoms with Crippen molar-refractivity contribution in [2.24, 2.45) is 5.73 Å². The number of nitrogens with two attached hydrogens (primary N) is 1. The third kappa shape index (κ3) is 4.90. The lowest BCUT2D eigenvalue weighted by Crippen LogP contribution is -2.38. The molecule has 4 heteroatoms. The van der Waals surface area contributed by atoms with Gasteiger partial charge < -0.3 is 15.8 Å². The molecule has 116 valence electrons. The number of amides is 1. The Balaban J connectivity index is 1.85. The van der Waals surface area contributed by atoms with Gasteiger partial charge in [-0.15, -0.1) is 0 Å². The van der Waals surface area contributed by atoms with E-state index in [1.807, 2.05) is 30.3 Å². The Bertz CT molecular complexity index is 623. The number of nitrogens with one attached hydrogen (secondary N) is 1. The molecule has 2 aromatic carbocycles. The van der Waals surface area contributed by atoms with Gasteiger partial charge in [-0.3, -0.25) is 4.79 Å². The summed E-state index contributed by atoms with van der Waals surface area (Å²) in [6.45, 7) is 4.97. The fourth-order valence-electron chi connectivity index (χ4n) is 2.04. The highest BCUT2D eigenvalue weighted by atomic mass is 16.5. The minimum Gasteiger partial charge on any atom is -0.489 e. The predicted octanol–water partition coefficient (Wildman–Crippen LogP) is 2.54. The van der Waals surface area contributed by atoms with Gasteiger partial charge in [0.2, 0.25) is 5.91 Å². The maximum atomic E-state index is 11.0. The Kier molecular flexibility index (Phi) is 5.55. The van der Waals surface area contributed by atoms with Gasteiger partial charge in [-0.25, -0.2) is 0 Å². The van der Waals surface area contributed by atoms with Gasteiger partial charge in [0.1, 0.15) is 12.4 Å². The zero-order valence-corrected chi connectivity index (χ0v) is 13.0. The van der Waals surface area contributed by atoms with Crippen LogP contribution < -0.4 is 15.8 Å². The van der Waals surface area contributed by atoms with Crippen LogP contribution in [0.15, 0.2) is 48.5 Å². The summed E-state index contributed by atoms with van der Waals surface area (Å²) in [5.41, 5.74) is 8.67. The SMILES string of the molecule is Cc1cccc(COc2ccc(CNC(C)C(N)=O)cc2)c1. The molecule has 0 saturated carbocycles. The van der Waals surface area contributed by atoms with Crippen LogP contribution in [0.4, 0.5) is 0 Å². The Morgan fingerprint density at radius 2 is 1.91 bits per heavy atom. The van der Waals surface area contributed by atoms with Crippen LogP contribution in [0.1, 0.15) is 23.6 Å². The van der Waals surface area contributed by atoms with Crippen LogP contribution >= 0.6 is 0 Å². The van der Waals surface area contributed by atoms with Gasteiger partial charge in [0.25, 0.3) is 0 Å². The largest absolute Gasteiger partial charge is 0.489 e. The van der Waals surface area contributed by atoms with Crippen molar-refractivity contribution in [1.82, 2.24) is 5.32 Å². The van der Waals surface area contributed by atoms with Gasteiger partial charge in [0.05, 0.1) is 6.04 Å². The monoisotopic (exact) mass is 298 g/mol. The van der Waals surface area contributed by atoms with Crippen molar-refractivity contribution in [3.05, 3.63) is 65.2 Å². The molecule has 3 N–H and O–H groups in total. The van der Waals surface area contributed by atoms with E-state index in [1.54, 1.807) is 6.92 Å². The Labute approximate surface area is 131 Å². The number of hydrogen-bond acceptors (Lipinski definition) is 3. The van der Waals surface area contributed by atoms with E-state index in [0.29, 0.717) is 13.2 Å². The van der Waals surface area contributed by atoms with Gasteiger partial charge in [0.15, 0.2) is 0 Å². The zero-order chi connectivity index (χ0) is 15.9. The first-order valence-electron chi connectivity index (χ1n) is 7.34. The fourth-order valence-corrected chi connectivity index (χ4v) is 2.04. The van der Waals surface area contributed by atoms with Gasteiger partial charge in [-0.05, 0) is 37.1 Å². The van der Waals surface area contributed by atoms with Gasteiger partial charge in [-0.2, -0.15) is 0 Å². The lowest BCUT2D eigenvalue weighted by Gasteiger charge is -2.11. The topological polar surface area (TPSA) is 64.3 Å². The van der Waals surface area contributed by atoms with Crippen LogP contribution in [0.3, 0.4) is 0 Å². The number of primary amides is 1. The molecule has 0 fully saturated rings. The second-order valence-corrected chi connectivity index (χ2v) is 5.43. The molecular weight excluding hydrogens is 276 g/mol. The highest BCUT2D eigenvalue weighted by Crippen LogP contribution is 2.15. The quantitative estimate of drug-likeness (QED) is 0.825. The van der Waals surface area contributed by atoms with E-state index in [2.05, 4.69) is 30.4 Å². The molecule has 22 heavy (non-hydrogen) atoms. The van der Waals surface area contributed by atoms with Crippen molar-refractivity contribution in [2.45, 2.75) is 33.0 Å². The zero-order valence-electron chi connectivity index (χ0n) is 13.0. The van der Waals surface area contributed by atoms with Crippen LogP contribution in [0.2, 0.25) is 0 Å². The first-order chi connectivity index (χ1) is 10.5. The summed E-state index contributed by atoms with van der Waals surface area (Å²) in [6, 6.07) is 15.8. The van der Waals surface area contributed by atoms with Crippen LogP contribution in [0, 0.1) is 6.92 Å². The number of ether oxygens (including phenoxy) is 1. The number of carbonyl (C=O) groups is 1. The fraction of sp³-hybridized carbons (Fsp3) is 0.278. The van der Waals surface area contributed by atoms with Crippen LogP contribution in [0.5, 0.6) is 5.75 Å². The van der Waals surface area contributed by atoms with Crippen molar-refractivity contribution >= 4 is 5.91 Å². The van der Waals surface area contributed by atoms with E-state index in [1.165, 1.54) is 5.56 Å². The third-order valence-electron chi connectivity index (χ3n) is 3.45. The van der Waals surface area contributed by atoms with Crippen LogP contribution in [-0.2, 0) is 17.9 Å². The van der Waals surface area contributed by atoms with E-state index in [-0.39, 0.29) is 11.9 Å². The molecule has 2 aromatic rings. The predicted molar refractivity (Wildman–Crippen MR) is 87.4 cm³/mol. The molecule has 4 nitrogen and oxygen atoms in total. The van der Waals surface area contributed by atoms with Crippen molar-refractivity contribution < 1.29 is 9.53 Å². The molecule has 2 rings (SSSR count). The number of hydrogen-bond donors (Lipinski definition) is 2. The summed E-state index contributed by atoms with van der Waals surface area (Å²) in [6.07, 6.45) is 0. The number of carbonyl (C=O) groups excluding carboxylic acids is 1. The summed E-state index contributed by atoms with van der Waals surface area (Å²) in [5, 5.41) is 3.07. The van der Waals surface area contributed by atoms with Crippen LogP contribution in [0.25, 0.3) is 0 Å². The van der Waals surface area contributed by atoms with E-state index in [0.717, 1.165) is 16.9 Å². The minimum atomic E-state index is -0.349. The van der Waals surface area contributed by atoms with Crippen molar-refractivity contribution in [3.63, 3.8) is 0 Å². The molecule has 1 atom stereocenters. The highest BCUT2D eigenvalue weighted by Gasteiger charge is 2.06. The van der Waals surface area contributed by atoms with E-state index < -0.39 is 0 Å². The smallest absolute Gasteiger partial charge is 0.234 e.